The predicted molar refractivity (Wildman–Crippen MR) is 168 cm³/mol. The summed E-state index contributed by atoms with van der Waals surface area (Å²) in [4.78, 5) is 19.6. The summed E-state index contributed by atoms with van der Waals surface area (Å²) in [5.41, 5.74) is 2.47. The number of benzene rings is 2. The second-order valence-electron chi connectivity index (χ2n) is 12.3. The standard InChI is InChI=1S/C32H32ClFN4O5S/c1-31(2,3)43-30(39)37-29-18(11-35)25-17(7-9-21(34)28(25)44-29)24-20-14-41-13-19(20)16-8-10-23(36-27(16)26(24)33)42-15-32(4)22(40-6)12-38(32)5/h7-10,22H,12-15H2,1-6H3,(H,37,39). The molecule has 44 heavy (non-hydrogen) atoms. The summed E-state index contributed by atoms with van der Waals surface area (Å²) in [6.45, 7) is 9.10. The molecule has 0 saturated carbocycles. The van der Waals surface area contributed by atoms with Gasteiger partial charge in [0.15, 0.2) is 0 Å². The second kappa shape index (κ2) is 11.1. The number of nitrogens with zero attached hydrogens (tertiary/aromatic N) is 3. The molecule has 0 aliphatic carbocycles. The molecule has 2 aliphatic heterocycles. The molecule has 0 radical (unpaired) electrons. The monoisotopic (exact) mass is 638 g/mol. The van der Waals surface area contributed by atoms with Gasteiger partial charge in [0, 0.05) is 36.1 Å². The van der Waals surface area contributed by atoms with E-state index in [-0.39, 0.29) is 33.5 Å². The lowest BCUT2D eigenvalue weighted by Crippen LogP contribution is -2.70. The third kappa shape index (κ3) is 5.04. The molecule has 230 valence electrons. The molecule has 0 bridgehead atoms. The number of pyridine rings is 1. The first kappa shape index (κ1) is 30.5. The SMILES string of the molecule is COC1CN(C)C1(C)COc1ccc2c3c(c(-c4ccc(F)c5sc(NC(=O)OC(C)(C)C)c(C#N)c45)c(Cl)c2n1)COC3. The van der Waals surface area contributed by atoms with Crippen LogP contribution in [-0.4, -0.2) is 60.5 Å². The van der Waals surface area contributed by atoms with E-state index in [1.807, 2.05) is 19.2 Å². The van der Waals surface area contributed by atoms with E-state index < -0.39 is 17.5 Å². The van der Waals surface area contributed by atoms with E-state index in [2.05, 4.69) is 23.2 Å². The molecule has 2 aliphatic rings. The molecule has 2 unspecified atom stereocenters. The minimum atomic E-state index is -0.754. The number of hydrogen-bond acceptors (Lipinski definition) is 9. The molecule has 4 aromatic rings. The lowest BCUT2D eigenvalue weighted by atomic mass is 9.85. The highest BCUT2D eigenvalue weighted by atomic mass is 35.5. The normalized spacial score (nSPS) is 19.9. The number of halogens is 2. The molecule has 0 spiro atoms. The number of ether oxygens (including phenoxy) is 4. The topological polar surface area (TPSA) is 106 Å². The van der Waals surface area contributed by atoms with Crippen LogP contribution < -0.4 is 10.1 Å². The number of thiophene rings is 1. The number of amides is 1. The number of likely N-dealkylation sites (tertiary alicyclic amines) is 1. The summed E-state index contributed by atoms with van der Waals surface area (Å²) in [6.07, 6.45) is -0.699. The van der Waals surface area contributed by atoms with Crippen LogP contribution >= 0.6 is 22.9 Å². The molecule has 2 atom stereocenters. The average Bonchev–Trinajstić information content (AvgIpc) is 3.60. The van der Waals surface area contributed by atoms with Crippen molar-refractivity contribution in [2.75, 3.05) is 32.6 Å². The second-order valence-corrected chi connectivity index (χ2v) is 13.7. The molecule has 2 aromatic carbocycles. The van der Waals surface area contributed by atoms with Crippen LogP contribution in [0.1, 0.15) is 44.4 Å². The van der Waals surface area contributed by atoms with Crippen LogP contribution in [0.15, 0.2) is 24.3 Å². The Bertz CT molecular complexity index is 1870. The van der Waals surface area contributed by atoms with Crippen LogP contribution in [0, 0.1) is 17.1 Å². The minimum Gasteiger partial charge on any atom is -0.476 e. The number of carbonyl (C=O) groups excluding carboxylic acids is 1. The summed E-state index contributed by atoms with van der Waals surface area (Å²) in [6, 6.07) is 8.85. The minimum absolute atomic E-state index is 0.0408. The molecule has 1 saturated heterocycles. The van der Waals surface area contributed by atoms with E-state index >= 15 is 4.39 Å². The first-order chi connectivity index (χ1) is 20.9. The van der Waals surface area contributed by atoms with Gasteiger partial charge in [-0.25, -0.2) is 14.2 Å². The number of rotatable bonds is 6. The zero-order chi connectivity index (χ0) is 31.6. The van der Waals surface area contributed by atoms with Gasteiger partial charge < -0.3 is 18.9 Å². The summed E-state index contributed by atoms with van der Waals surface area (Å²) in [5, 5.41) is 14.6. The molecule has 9 nitrogen and oxygen atoms in total. The molecule has 1 N–H and O–H groups in total. The zero-order valence-electron chi connectivity index (χ0n) is 25.3. The number of hydrogen-bond donors (Lipinski definition) is 1. The van der Waals surface area contributed by atoms with E-state index in [4.69, 9.17) is 35.5 Å². The van der Waals surface area contributed by atoms with Crippen LogP contribution in [0.25, 0.3) is 32.1 Å². The van der Waals surface area contributed by atoms with E-state index in [0.717, 1.165) is 34.4 Å². The molecular weight excluding hydrogens is 607 g/mol. The number of nitrogens with one attached hydrogen (secondary N) is 1. The smallest absolute Gasteiger partial charge is 0.412 e. The maximum Gasteiger partial charge on any atom is 0.412 e. The fourth-order valence-corrected chi connectivity index (χ4v) is 7.29. The maximum absolute atomic E-state index is 15.3. The Balaban J connectivity index is 1.47. The average molecular weight is 639 g/mol. The van der Waals surface area contributed by atoms with Crippen molar-refractivity contribution >= 4 is 55.0 Å². The van der Waals surface area contributed by atoms with Gasteiger partial charge in [0.05, 0.1) is 45.7 Å². The molecule has 2 aromatic heterocycles. The lowest BCUT2D eigenvalue weighted by Gasteiger charge is -2.53. The van der Waals surface area contributed by atoms with Crippen molar-refractivity contribution in [2.24, 2.45) is 0 Å². The number of carbonyl (C=O) groups is 1. The van der Waals surface area contributed by atoms with Gasteiger partial charge in [0.25, 0.3) is 0 Å². The number of methoxy groups -OCH3 is 1. The van der Waals surface area contributed by atoms with E-state index in [9.17, 15) is 10.1 Å². The van der Waals surface area contributed by atoms with Crippen LogP contribution in [0.3, 0.4) is 0 Å². The number of anilines is 1. The van der Waals surface area contributed by atoms with Gasteiger partial charge in [-0.3, -0.25) is 10.2 Å². The van der Waals surface area contributed by atoms with Crippen molar-refractivity contribution in [3.05, 3.63) is 51.8 Å². The number of likely N-dealkylation sites (N-methyl/N-ethyl adjacent to an activating group) is 1. The van der Waals surface area contributed by atoms with E-state index in [0.29, 0.717) is 46.1 Å². The number of nitriles is 1. The highest BCUT2D eigenvalue weighted by molar-refractivity contribution is 7.23. The van der Waals surface area contributed by atoms with E-state index in [1.54, 1.807) is 33.9 Å². The van der Waals surface area contributed by atoms with Crippen molar-refractivity contribution in [3.8, 4) is 23.1 Å². The third-order valence-corrected chi connectivity index (χ3v) is 9.85. The maximum atomic E-state index is 15.3. The Labute approximate surface area is 263 Å². The molecule has 4 heterocycles. The van der Waals surface area contributed by atoms with Crippen molar-refractivity contribution in [1.82, 2.24) is 9.88 Å². The van der Waals surface area contributed by atoms with Gasteiger partial charge in [0.2, 0.25) is 5.88 Å². The fraction of sp³-hybridized carbons (Fsp3) is 0.406. The molecule has 1 fully saturated rings. The van der Waals surface area contributed by atoms with Crippen LogP contribution in [0.5, 0.6) is 5.88 Å². The zero-order valence-corrected chi connectivity index (χ0v) is 26.8. The Hall–Kier alpha value is -3.53. The first-order valence-corrected chi connectivity index (χ1v) is 15.3. The van der Waals surface area contributed by atoms with Gasteiger partial charge in [0.1, 0.15) is 29.1 Å². The van der Waals surface area contributed by atoms with Crippen LogP contribution in [0.4, 0.5) is 14.2 Å². The van der Waals surface area contributed by atoms with Crippen molar-refractivity contribution in [2.45, 2.75) is 58.2 Å². The quantitative estimate of drug-likeness (QED) is 0.235. The fourth-order valence-electron chi connectivity index (χ4n) is 5.87. The van der Waals surface area contributed by atoms with E-state index in [1.165, 1.54) is 6.07 Å². The number of aromatic nitrogens is 1. The van der Waals surface area contributed by atoms with Gasteiger partial charge >= 0.3 is 6.09 Å². The van der Waals surface area contributed by atoms with Crippen molar-refractivity contribution < 1.29 is 28.1 Å². The summed E-state index contributed by atoms with van der Waals surface area (Å²) < 4.78 is 38.5. The van der Waals surface area contributed by atoms with Gasteiger partial charge in [-0.15, -0.1) is 11.3 Å². The molecule has 1 amide bonds. The van der Waals surface area contributed by atoms with Gasteiger partial charge in [-0.1, -0.05) is 17.7 Å². The largest absolute Gasteiger partial charge is 0.476 e. The Morgan fingerprint density at radius 2 is 2.05 bits per heavy atom. The highest BCUT2D eigenvalue weighted by Gasteiger charge is 2.49. The summed E-state index contributed by atoms with van der Waals surface area (Å²) >= 11 is 8.13. The lowest BCUT2D eigenvalue weighted by molar-refractivity contribution is -0.147. The number of fused-ring (bicyclic) bond motifs is 4. The Kier molecular flexibility index (Phi) is 7.71. The molecule has 6 rings (SSSR count). The first-order valence-electron chi connectivity index (χ1n) is 14.1. The Morgan fingerprint density at radius 1 is 1.30 bits per heavy atom. The highest BCUT2D eigenvalue weighted by Crippen LogP contribution is 2.49. The predicted octanol–water partition coefficient (Wildman–Crippen LogP) is 7.26. The molecular formula is C32H32ClFN4O5S. The molecule has 12 heteroatoms. The van der Waals surface area contributed by atoms with Crippen LogP contribution in [0.2, 0.25) is 5.02 Å². The summed E-state index contributed by atoms with van der Waals surface area (Å²) in [5.74, 6) is -0.119. The third-order valence-electron chi connectivity index (χ3n) is 8.37. The van der Waals surface area contributed by atoms with Crippen molar-refractivity contribution in [3.63, 3.8) is 0 Å². The van der Waals surface area contributed by atoms with Gasteiger partial charge in [-0.05, 0) is 63.6 Å². The summed E-state index contributed by atoms with van der Waals surface area (Å²) in [7, 11) is 3.72. The van der Waals surface area contributed by atoms with Crippen molar-refractivity contribution in [1.29, 1.82) is 5.26 Å². The Morgan fingerprint density at radius 3 is 2.73 bits per heavy atom. The van der Waals surface area contributed by atoms with Gasteiger partial charge in [-0.2, -0.15) is 5.26 Å². The van der Waals surface area contributed by atoms with Crippen LogP contribution in [-0.2, 0) is 27.4 Å².